The molecule has 6 nitrogen and oxygen atoms in total. The second-order valence-corrected chi connectivity index (χ2v) is 8.64. The fourth-order valence-electron chi connectivity index (χ4n) is 4.07. The highest BCUT2D eigenvalue weighted by Crippen LogP contribution is 2.40. The van der Waals surface area contributed by atoms with Gasteiger partial charge in [0.05, 0.1) is 12.2 Å². The van der Waals surface area contributed by atoms with Crippen LogP contribution >= 0.6 is 0 Å². The predicted octanol–water partition coefficient (Wildman–Crippen LogP) is 2.05. The second-order valence-electron chi connectivity index (χ2n) is 8.64. The summed E-state index contributed by atoms with van der Waals surface area (Å²) in [5.41, 5.74) is -1.79. The number of aliphatic hydroxyl groups is 2. The lowest BCUT2D eigenvalue weighted by atomic mass is 9.75. The lowest BCUT2D eigenvalue weighted by Crippen LogP contribution is -2.65. The monoisotopic (exact) mass is 377 g/mol. The quantitative estimate of drug-likeness (QED) is 0.843. The van der Waals surface area contributed by atoms with Crippen molar-refractivity contribution in [2.24, 2.45) is 0 Å². The van der Waals surface area contributed by atoms with E-state index in [0.29, 0.717) is 44.7 Å². The van der Waals surface area contributed by atoms with Crippen LogP contribution < -0.4 is 4.74 Å². The van der Waals surface area contributed by atoms with E-state index >= 15 is 0 Å². The van der Waals surface area contributed by atoms with Crippen LogP contribution in [0, 0.1) is 6.92 Å². The Balaban J connectivity index is 1.64. The number of rotatable bonds is 3. The minimum atomic E-state index is -1.15. The number of aryl methyl sites for hydroxylation is 1. The molecule has 0 aliphatic carbocycles. The maximum Gasteiger partial charge on any atom is 0.266 e. The van der Waals surface area contributed by atoms with E-state index in [2.05, 4.69) is 0 Å². The molecule has 0 aromatic heterocycles. The molecule has 1 amide bonds. The van der Waals surface area contributed by atoms with Crippen LogP contribution in [0.4, 0.5) is 0 Å². The summed E-state index contributed by atoms with van der Waals surface area (Å²) in [6.07, 6.45) is 0.455. The van der Waals surface area contributed by atoms with Gasteiger partial charge in [-0.25, -0.2) is 0 Å². The summed E-state index contributed by atoms with van der Waals surface area (Å²) in [4.78, 5) is 14.8. The van der Waals surface area contributed by atoms with Gasteiger partial charge in [-0.05, 0) is 52.7 Å². The van der Waals surface area contributed by atoms with Gasteiger partial charge >= 0.3 is 0 Å². The summed E-state index contributed by atoms with van der Waals surface area (Å²) in [6, 6.07) is 7.64. The van der Waals surface area contributed by atoms with Gasteiger partial charge in [-0.3, -0.25) is 4.79 Å². The molecule has 3 rings (SSSR count). The third kappa shape index (κ3) is 3.98. The maximum atomic E-state index is 13.0. The molecule has 0 radical (unpaired) electrons. The molecule has 150 valence electrons. The number of amides is 1. The highest BCUT2D eigenvalue weighted by molar-refractivity contribution is 5.85. The topological polar surface area (TPSA) is 79.2 Å². The molecular formula is C21H31NO5. The molecule has 2 N–H and O–H groups in total. The SMILES string of the molecule is Cc1ccc(OC(C)(C)C(=O)N2CCC3(CC2)OCC[C@@](C)(O)[C@@H]3O)cc1. The lowest BCUT2D eigenvalue weighted by molar-refractivity contribution is -0.246. The Labute approximate surface area is 161 Å². The van der Waals surface area contributed by atoms with Crippen molar-refractivity contribution < 1.29 is 24.5 Å². The van der Waals surface area contributed by atoms with E-state index in [4.69, 9.17) is 9.47 Å². The van der Waals surface area contributed by atoms with Gasteiger partial charge < -0.3 is 24.6 Å². The molecule has 1 aromatic rings. The zero-order chi connectivity index (χ0) is 19.9. The molecular weight excluding hydrogens is 346 g/mol. The predicted molar refractivity (Wildman–Crippen MR) is 102 cm³/mol. The van der Waals surface area contributed by atoms with Crippen molar-refractivity contribution in [3.05, 3.63) is 29.8 Å². The van der Waals surface area contributed by atoms with E-state index in [0.717, 1.165) is 5.56 Å². The van der Waals surface area contributed by atoms with Crippen LogP contribution in [-0.2, 0) is 9.53 Å². The van der Waals surface area contributed by atoms with Crippen LogP contribution in [0.5, 0.6) is 5.75 Å². The van der Waals surface area contributed by atoms with Crippen LogP contribution in [-0.4, -0.2) is 63.6 Å². The van der Waals surface area contributed by atoms with E-state index in [1.807, 2.05) is 31.2 Å². The van der Waals surface area contributed by atoms with Gasteiger partial charge in [0, 0.05) is 19.5 Å². The van der Waals surface area contributed by atoms with Gasteiger partial charge in [0.2, 0.25) is 0 Å². The maximum absolute atomic E-state index is 13.0. The third-order valence-corrected chi connectivity index (χ3v) is 5.89. The summed E-state index contributed by atoms with van der Waals surface area (Å²) in [7, 11) is 0. The Kier molecular flexibility index (Phi) is 5.27. The van der Waals surface area contributed by atoms with Gasteiger partial charge in [-0.15, -0.1) is 0 Å². The molecule has 0 saturated carbocycles. The minimum Gasteiger partial charge on any atom is -0.478 e. The first-order valence-electron chi connectivity index (χ1n) is 9.65. The number of benzene rings is 1. The average molecular weight is 377 g/mol. The van der Waals surface area contributed by atoms with Crippen LogP contribution in [0.25, 0.3) is 0 Å². The summed E-state index contributed by atoms with van der Waals surface area (Å²) in [5.74, 6) is 0.574. The van der Waals surface area contributed by atoms with Crippen molar-refractivity contribution in [3.63, 3.8) is 0 Å². The average Bonchev–Trinajstić information content (AvgIpc) is 2.61. The second kappa shape index (κ2) is 7.08. The van der Waals surface area contributed by atoms with E-state index < -0.39 is 22.9 Å². The Morgan fingerprint density at radius 3 is 2.41 bits per heavy atom. The van der Waals surface area contributed by atoms with Crippen molar-refractivity contribution in [1.29, 1.82) is 0 Å². The van der Waals surface area contributed by atoms with Crippen molar-refractivity contribution in [2.45, 2.75) is 69.9 Å². The summed E-state index contributed by atoms with van der Waals surface area (Å²) in [6.45, 7) is 8.55. The Bertz CT molecular complexity index is 674. The third-order valence-electron chi connectivity index (χ3n) is 5.89. The number of carbonyl (C=O) groups excluding carboxylic acids is 1. The molecule has 2 heterocycles. The Morgan fingerprint density at radius 2 is 1.81 bits per heavy atom. The number of piperidine rings is 1. The van der Waals surface area contributed by atoms with Gasteiger partial charge in [-0.2, -0.15) is 0 Å². The van der Waals surface area contributed by atoms with Gasteiger partial charge in [-0.1, -0.05) is 17.7 Å². The largest absolute Gasteiger partial charge is 0.478 e. The molecule has 27 heavy (non-hydrogen) atoms. The van der Waals surface area contributed by atoms with Crippen LogP contribution in [0.2, 0.25) is 0 Å². The summed E-state index contributed by atoms with van der Waals surface area (Å²) >= 11 is 0. The van der Waals surface area contributed by atoms with E-state index in [-0.39, 0.29) is 5.91 Å². The van der Waals surface area contributed by atoms with E-state index in [1.54, 1.807) is 25.7 Å². The number of hydrogen-bond donors (Lipinski definition) is 2. The number of hydrogen-bond acceptors (Lipinski definition) is 5. The van der Waals surface area contributed by atoms with Crippen LogP contribution in [0.1, 0.15) is 45.6 Å². The molecule has 2 atom stereocenters. The zero-order valence-electron chi connectivity index (χ0n) is 16.7. The standard InChI is InChI=1S/C21H31NO5/c1-15-5-7-16(8-6-15)27-19(2,3)18(24)22-12-9-21(10-13-22)17(23)20(4,25)11-14-26-21/h5-8,17,23,25H,9-14H2,1-4H3/t17-,20+/m0/s1. The summed E-state index contributed by atoms with van der Waals surface area (Å²) in [5, 5.41) is 21.0. The Morgan fingerprint density at radius 1 is 1.22 bits per heavy atom. The number of likely N-dealkylation sites (tertiary alicyclic amines) is 1. The fourth-order valence-corrected chi connectivity index (χ4v) is 4.07. The van der Waals surface area contributed by atoms with Crippen molar-refractivity contribution in [1.82, 2.24) is 4.90 Å². The summed E-state index contributed by atoms with van der Waals surface area (Å²) < 4.78 is 11.8. The molecule has 0 unspecified atom stereocenters. The fraction of sp³-hybridized carbons (Fsp3) is 0.667. The molecule has 2 aliphatic rings. The number of nitrogens with zero attached hydrogens (tertiary/aromatic N) is 1. The van der Waals surface area contributed by atoms with Crippen molar-refractivity contribution >= 4 is 5.91 Å². The van der Waals surface area contributed by atoms with Crippen molar-refractivity contribution in [3.8, 4) is 5.75 Å². The molecule has 6 heteroatoms. The highest BCUT2D eigenvalue weighted by Gasteiger charge is 2.53. The molecule has 2 saturated heterocycles. The number of carbonyl (C=O) groups is 1. The van der Waals surface area contributed by atoms with Gasteiger partial charge in [0.25, 0.3) is 5.91 Å². The lowest BCUT2D eigenvalue weighted by Gasteiger charge is -2.52. The first-order valence-corrected chi connectivity index (χ1v) is 9.65. The van der Waals surface area contributed by atoms with Crippen LogP contribution in [0.3, 0.4) is 0 Å². The first kappa shape index (κ1) is 20.1. The number of aliphatic hydroxyl groups excluding tert-OH is 1. The molecule has 0 bridgehead atoms. The molecule has 2 aliphatic heterocycles. The normalized spacial score (nSPS) is 28.2. The molecule has 1 spiro atoms. The first-order chi connectivity index (χ1) is 12.6. The Hall–Kier alpha value is -1.63. The smallest absolute Gasteiger partial charge is 0.266 e. The minimum absolute atomic E-state index is 0.0880. The van der Waals surface area contributed by atoms with Gasteiger partial charge in [0.15, 0.2) is 5.60 Å². The van der Waals surface area contributed by atoms with Gasteiger partial charge in [0.1, 0.15) is 17.5 Å². The van der Waals surface area contributed by atoms with Crippen LogP contribution in [0.15, 0.2) is 24.3 Å². The number of ether oxygens (including phenoxy) is 2. The molecule has 1 aromatic carbocycles. The van der Waals surface area contributed by atoms with E-state index in [9.17, 15) is 15.0 Å². The van der Waals surface area contributed by atoms with E-state index in [1.165, 1.54) is 0 Å². The van der Waals surface area contributed by atoms with Crippen molar-refractivity contribution in [2.75, 3.05) is 19.7 Å². The highest BCUT2D eigenvalue weighted by atomic mass is 16.5. The molecule has 2 fully saturated rings. The zero-order valence-corrected chi connectivity index (χ0v) is 16.7.